The molecule has 1 fully saturated rings. The van der Waals surface area contributed by atoms with Crippen LogP contribution >= 0.6 is 0 Å². The van der Waals surface area contributed by atoms with Crippen LogP contribution in [0.4, 0.5) is 0 Å². The number of piperazine rings is 1. The maximum Gasteiger partial charge on any atom is 0.0187 e. The van der Waals surface area contributed by atoms with E-state index in [2.05, 4.69) is 16.8 Å². The van der Waals surface area contributed by atoms with E-state index in [1.165, 1.54) is 26.2 Å². The minimum Gasteiger partial charge on any atom is -0.304 e. The molecular formula is C8H20N4S. The first kappa shape index (κ1) is 11.1. The highest BCUT2D eigenvalue weighted by atomic mass is 32.2. The molecule has 0 radical (unpaired) electrons. The summed E-state index contributed by atoms with van der Waals surface area (Å²) in [5.41, 5.74) is 0. The lowest BCUT2D eigenvalue weighted by molar-refractivity contribution is 0.154. The van der Waals surface area contributed by atoms with Gasteiger partial charge in [-0.2, -0.15) is 0 Å². The Balaban J connectivity index is 2.05. The average Bonchev–Trinajstić information content (AvgIpc) is 2.08. The molecule has 1 saturated heterocycles. The van der Waals surface area contributed by atoms with Gasteiger partial charge >= 0.3 is 0 Å². The van der Waals surface area contributed by atoms with E-state index in [1.807, 2.05) is 0 Å². The second-order valence-electron chi connectivity index (χ2n) is 3.63. The van der Waals surface area contributed by atoms with E-state index >= 15 is 0 Å². The zero-order chi connectivity index (χ0) is 9.68. The molecule has 0 amide bonds. The normalized spacial score (nSPS) is 23.2. The SMILES string of the molecule is CN1CCN(CCCS(=N)N)CC1. The van der Waals surface area contributed by atoms with Crippen molar-refractivity contribution < 1.29 is 0 Å². The smallest absolute Gasteiger partial charge is 0.0187 e. The molecule has 13 heavy (non-hydrogen) atoms. The molecule has 0 saturated carbocycles. The van der Waals surface area contributed by atoms with Crippen molar-refractivity contribution in [2.24, 2.45) is 5.14 Å². The summed E-state index contributed by atoms with van der Waals surface area (Å²) in [4.78, 5) is 4.82. The van der Waals surface area contributed by atoms with Gasteiger partial charge in [-0.1, -0.05) is 0 Å². The quantitative estimate of drug-likeness (QED) is 0.671. The fraction of sp³-hybridized carbons (Fsp3) is 1.00. The number of rotatable bonds is 4. The Morgan fingerprint density at radius 3 is 2.46 bits per heavy atom. The number of nitrogens with zero attached hydrogens (tertiary/aromatic N) is 2. The second kappa shape index (κ2) is 5.70. The highest BCUT2D eigenvalue weighted by molar-refractivity contribution is 7.83. The molecule has 1 unspecified atom stereocenters. The highest BCUT2D eigenvalue weighted by Crippen LogP contribution is 1.99. The second-order valence-corrected chi connectivity index (χ2v) is 4.90. The van der Waals surface area contributed by atoms with Crippen LogP contribution in [0.1, 0.15) is 6.42 Å². The molecule has 0 aromatic carbocycles. The van der Waals surface area contributed by atoms with Crippen LogP contribution in [0, 0.1) is 4.78 Å². The number of likely N-dealkylation sites (N-methyl/N-ethyl adjacent to an activating group) is 1. The maximum absolute atomic E-state index is 7.21. The summed E-state index contributed by atoms with van der Waals surface area (Å²) < 4.78 is 7.21. The molecule has 1 atom stereocenters. The molecule has 1 aliphatic heterocycles. The molecular weight excluding hydrogens is 184 g/mol. The van der Waals surface area contributed by atoms with Crippen molar-refractivity contribution in [1.82, 2.24) is 9.80 Å². The van der Waals surface area contributed by atoms with Crippen LogP contribution in [-0.2, 0) is 10.9 Å². The van der Waals surface area contributed by atoms with Crippen molar-refractivity contribution in [3.05, 3.63) is 0 Å². The van der Waals surface area contributed by atoms with E-state index < -0.39 is 10.9 Å². The summed E-state index contributed by atoms with van der Waals surface area (Å²) in [6.07, 6.45) is 1.08. The van der Waals surface area contributed by atoms with E-state index in [0.717, 1.165) is 18.7 Å². The molecule has 5 heteroatoms. The Labute approximate surface area is 83.1 Å². The number of nitrogens with two attached hydrogens (primary N) is 1. The Morgan fingerprint density at radius 2 is 1.92 bits per heavy atom. The lowest BCUT2D eigenvalue weighted by atomic mass is 10.3. The molecule has 1 heterocycles. The number of hydrogen-bond donors (Lipinski definition) is 2. The first-order valence-electron chi connectivity index (χ1n) is 4.76. The molecule has 0 aromatic rings. The third-order valence-electron chi connectivity index (χ3n) is 2.43. The van der Waals surface area contributed by atoms with Gasteiger partial charge in [0.1, 0.15) is 0 Å². The van der Waals surface area contributed by atoms with E-state index in [9.17, 15) is 0 Å². The molecule has 1 rings (SSSR count). The Bertz CT molecular complexity index is 166. The van der Waals surface area contributed by atoms with Gasteiger partial charge in [0.05, 0.1) is 0 Å². The zero-order valence-electron chi connectivity index (χ0n) is 8.33. The van der Waals surface area contributed by atoms with Gasteiger partial charge in [0.25, 0.3) is 0 Å². The molecule has 0 bridgehead atoms. The lowest BCUT2D eigenvalue weighted by Gasteiger charge is -2.32. The van der Waals surface area contributed by atoms with E-state index in [-0.39, 0.29) is 0 Å². The first-order valence-corrected chi connectivity index (χ1v) is 6.21. The Hall–Kier alpha value is 0.0300. The molecule has 0 aliphatic carbocycles. The maximum atomic E-state index is 7.21. The van der Waals surface area contributed by atoms with Crippen LogP contribution in [0.25, 0.3) is 0 Å². The van der Waals surface area contributed by atoms with Crippen LogP contribution in [0.3, 0.4) is 0 Å². The predicted octanol–water partition coefficient (Wildman–Crippen LogP) is -0.122. The van der Waals surface area contributed by atoms with E-state index in [0.29, 0.717) is 0 Å². The average molecular weight is 204 g/mol. The van der Waals surface area contributed by atoms with Crippen LogP contribution in [0.5, 0.6) is 0 Å². The monoisotopic (exact) mass is 204 g/mol. The molecule has 4 nitrogen and oxygen atoms in total. The standard InChI is InChI=1S/C8H20N4S/c1-11-4-6-12(7-5-11)3-2-8-13(9)10/h2-8H2,1H3,(H3,9,10). The van der Waals surface area contributed by atoms with Crippen LogP contribution in [0.15, 0.2) is 0 Å². The van der Waals surface area contributed by atoms with Crippen molar-refractivity contribution in [3.63, 3.8) is 0 Å². The largest absolute Gasteiger partial charge is 0.304 e. The van der Waals surface area contributed by atoms with Crippen molar-refractivity contribution in [1.29, 1.82) is 4.78 Å². The van der Waals surface area contributed by atoms with Crippen LogP contribution in [-0.4, -0.2) is 55.3 Å². The van der Waals surface area contributed by atoms with Crippen molar-refractivity contribution >= 4 is 10.9 Å². The van der Waals surface area contributed by atoms with Gasteiger partial charge in [-0.25, -0.2) is 0 Å². The van der Waals surface area contributed by atoms with Gasteiger partial charge in [0.2, 0.25) is 0 Å². The molecule has 78 valence electrons. The van der Waals surface area contributed by atoms with Gasteiger partial charge in [0.15, 0.2) is 0 Å². The highest BCUT2D eigenvalue weighted by Gasteiger charge is 2.12. The molecule has 0 aromatic heterocycles. The van der Waals surface area contributed by atoms with Crippen molar-refractivity contribution in [2.45, 2.75) is 6.42 Å². The Morgan fingerprint density at radius 1 is 1.31 bits per heavy atom. The fourth-order valence-electron chi connectivity index (χ4n) is 1.52. The summed E-state index contributed by atoms with van der Waals surface area (Å²) in [7, 11) is 1.55. The Kier molecular flexibility index (Phi) is 4.87. The van der Waals surface area contributed by atoms with Gasteiger partial charge < -0.3 is 9.80 Å². The van der Waals surface area contributed by atoms with Crippen molar-refractivity contribution in [2.75, 3.05) is 45.5 Å². The first-order chi connectivity index (χ1) is 6.18. The summed E-state index contributed by atoms with van der Waals surface area (Å²) in [6.45, 7) is 5.82. The summed E-state index contributed by atoms with van der Waals surface area (Å²) >= 11 is 0. The van der Waals surface area contributed by atoms with E-state index in [1.54, 1.807) is 0 Å². The molecule has 3 N–H and O–H groups in total. The van der Waals surface area contributed by atoms with Gasteiger partial charge in [0, 0.05) is 31.9 Å². The molecule has 1 aliphatic rings. The van der Waals surface area contributed by atoms with Crippen LogP contribution in [0.2, 0.25) is 0 Å². The fourth-order valence-corrected chi connectivity index (χ4v) is 1.96. The van der Waals surface area contributed by atoms with E-state index in [4.69, 9.17) is 9.92 Å². The summed E-state index contributed by atoms with van der Waals surface area (Å²) in [5.74, 6) is 0.854. The van der Waals surface area contributed by atoms with Gasteiger partial charge in [-0.05, 0) is 30.9 Å². The van der Waals surface area contributed by atoms with Crippen LogP contribution < -0.4 is 5.14 Å². The molecule has 0 spiro atoms. The minimum atomic E-state index is -0.614. The lowest BCUT2D eigenvalue weighted by Crippen LogP contribution is -2.44. The number of hydrogen-bond acceptors (Lipinski definition) is 3. The third kappa shape index (κ3) is 4.71. The third-order valence-corrected chi connectivity index (χ3v) is 3.16. The van der Waals surface area contributed by atoms with Gasteiger partial charge in [-0.3, -0.25) is 9.92 Å². The van der Waals surface area contributed by atoms with Gasteiger partial charge in [-0.15, -0.1) is 0 Å². The predicted molar refractivity (Wildman–Crippen MR) is 57.7 cm³/mol. The summed E-state index contributed by atoms with van der Waals surface area (Å²) in [6, 6.07) is 0. The zero-order valence-corrected chi connectivity index (χ0v) is 9.15. The van der Waals surface area contributed by atoms with Crippen molar-refractivity contribution in [3.8, 4) is 0 Å². The summed E-state index contributed by atoms with van der Waals surface area (Å²) in [5, 5.41) is 5.40. The minimum absolute atomic E-state index is 0.614. The topological polar surface area (TPSA) is 56.4 Å². The number of nitrogens with one attached hydrogen (secondary N) is 1.